The SMILES string of the molecule is N#CC1CCC(C(=O)N[C@H](c2c(F)ccc(Cl)c2F)C2CCCC2)C1. The molecule has 3 rings (SSSR count). The fourth-order valence-corrected chi connectivity index (χ4v) is 4.32. The van der Waals surface area contributed by atoms with E-state index in [-0.39, 0.29) is 34.2 Å². The van der Waals surface area contributed by atoms with Crippen LogP contribution in [0.3, 0.4) is 0 Å². The van der Waals surface area contributed by atoms with Crippen LogP contribution in [0.1, 0.15) is 56.6 Å². The first-order valence-corrected chi connectivity index (χ1v) is 9.22. The molecule has 2 fully saturated rings. The molecule has 2 aliphatic carbocycles. The lowest BCUT2D eigenvalue weighted by Crippen LogP contribution is -2.37. The number of nitrogens with zero attached hydrogens (tertiary/aromatic N) is 1. The second-order valence-corrected chi connectivity index (χ2v) is 7.53. The highest BCUT2D eigenvalue weighted by atomic mass is 35.5. The van der Waals surface area contributed by atoms with Crippen molar-refractivity contribution in [3.63, 3.8) is 0 Å². The molecule has 0 bridgehead atoms. The van der Waals surface area contributed by atoms with Crippen molar-refractivity contribution in [2.75, 3.05) is 0 Å². The molecular weight excluding hydrogens is 346 g/mol. The third-order valence-corrected chi connectivity index (χ3v) is 5.84. The molecule has 0 radical (unpaired) electrons. The van der Waals surface area contributed by atoms with E-state index in [1.165, 1.54) is 6.07 Å². The summed E-state index contributed by atoms with van der Waals surface area (Å²) >= 11 is 5.85. The van der Waals surface area contributed by atoms with Crippen LogP contribution >= 0.6 is 11.6 Å². The van der Waals surface area contributed by atoms with Gasteiger partial charge in [-0.2, -0.15) is 5.26 Å². The number of nitriles is 1. The molecule has 1 aromatic rings. The molecule has 25 heavy (non-hydrogen) atoms. The Hall–Kier alpha value is -1.67. The molecule has 134 valence electrons. The number of hydrogen-bond donors (Lipinski definition) is 1. The zero-order valence-electron chi connectivity index (χ0n) is 13.9. The molecule has 0 heterocycles. The van der Waals surface area contributed by atoms with Crippen LogP contribution in [-0.2, 0) is 4.79 Å². The maximum atomic E-state index is 14.5. The van der Waals surface area contributed by atoms with Gasteiger partial charge in [0, 0.05) is 17.4 Å². The summed E-state index contributed by atoms with van der Waals surface area (Å²) in [5.41, 5.74) is -0.136. The van der Waals surface area contributed by atoms with Gasteiger partial charge in [-0.25, -0.2) is 8.78 Å². The maximum Gasteiger partial charge on any atom is 0.223 e. The summed E-state index contributed by atoms with van der Waals surface area (Å²) in [4.78, 5) is 12.7. The number of rotatable bonds is 4. The van der Waals surface area contributed by atoms with Gasteiger partial charge in [-0.1, -0.05) is 24.4 Å². The lowest BCUT2D eigenvalue weighted by Gasteiger charge is -2.27. The Morgan fingerprint density at radius 3 is 2.60 bits per heavy atom. The number of halogens is 3. The standard InChI is InChI=1S/C19H21ClF2N2O/c20-14-7-8-15(21)16(17(14)22)18(12-3-1-2-4-12)24-19(25)13-6-5-11(9-13)10-23/h7-8,11-13,18H,1-6,9H2,(H,24,25)/t11?,13?,18-/m0/s1. The van der Waals surface area contributed by atoms with Crippen LogP contribution in [0.25, 0.3) is 0 Å². The van der Waals surface area contributed by atoms with E-state index in [0.29, 0.717) is 19.3 Å². The molecule has 2 aliphatic rings. The molecule has 0 aliphatic heterocycles. The van der Waals surface area contributed by atoms with Gasteiger partial charge >= 0.3 is 0 Å². The first-order valence-electron chi connectivity index (χ1n) is 8.84. The second-order valence-electron chi connectivity index (χ2n) is 7.12. The number of carbonyl (C=O) groups excluding carboxylic acids is 1. The third-order valence-electron chi connectivity index (χ3n) is 5.55. The van der Waals surface area contributed by atoms with E-state index in [2.05, 4.69) is 11.4 Å². The van der Waals surface area contributed by atoms with E-state index in [9.17, 15) is 13.6 Å². The summed E-state index contributed by atoms with van der Waals surface area (Å²) in [7, 11) is 0. The summed E-state index contributed by atoms with van der Waals surface area (Å²) in [6, 6.07) is 3.83. The van der Waals surface area contributed by atoms with Crippen molar-refractivity contribution in [2.24, 2.45) is 17.8 Å². The highest BCUT2D eigenvalue weighted by Gasteiger charge is 2.36. The van der Waals surface area contributed by atoms with Crippen LogP contribution < -0.4 is 5.32 Å². The maximum absolute atomic E-state index is 14.5. The number of hydrogen-bond acceptors (Lipinski definition) is 2. The van der Waals surface area contributed by atoms with Crippen LogP contribution in [-0.4, -0.2) is 5.91 Å². The fourth-order valence-electron chi connectivity index (χ4n) is 4.15. The number of benzene rings is 1. The van der Waals surface area contributed by atoms with Gasteiger partial charge in [-0.05, 0) is 50.2 Å². The van der Waals surface area contributed by atoms with E-state index >= 15 is 0 Å². The Balaban J connectivity index is 1.85. The van der Waals surface area contributed by atoms with Gasteiger partial charge in [-0.3, -0.25) is 4.79 Å². The molecule has 0 spiro atoms. The van der Waals surface area contributed by atoms with E-state index in [4.69, 9.17) is 16.9 Å². The first kappa shape index (κ1) is 18.1. The van der Waals surface area contributed by atoms with Crippen LogP contribution in [0, 0.1) is 40.7 Å². The zero-order chi connectivity index (χ0) is 18.0. The van der Waals surface area contributed by atoms with Crippen molar-refractivity contribution in [1.82, 2.24) is 5.32 Å². The topological polar surface area (TPSA) is 52.9 Å². The molecule has 0 aromatic heterocycles. The average Bonchev–Trinajstić information content (AvgIpc) is 3.28. The lowest BCUT2D eigenvalue weighted by molar-refractivity contribution is -0.126. The monoisotopic (exact) mass is 366 g/mol. The van der Waals surface area contributed by atoms with Crippen LogP contribution in [0.2, 0.25) is 5.02 Å². The second kappa shape index (κ2) is 7.70. The Kier molecular flexibility index (Phi) is 5.58. The molecule has 1 amide bonds. The molecule has 0 saturated heterocycles. The van der Waals surface area contributed by atoms with Crippen molar-refractivity contribution < 1.29 is 13.6 Å². The first-order chi connectivity index (χ1) is 12.0. The van der Waals surface area contributed by atoms with Gasteiger partial charge < -0.3 is 5.32 Å². The van der Waals surface area contributed by atoms with Crippen LogP contribution in [0.15, 0.2) is 12.1 Å². The van der Waals surface area contributed by atoms with Crippen LogP contribution in [0.5, 0.6) is 0 Å². The van der Waals surface area contributed by atoms with Gasteiger partial charge in [0.15, 0.2) is 0 Å². The number of amides is 1. The van der Waals surface area contributed by atoms with Gasteiger partial charge in [0.25, 0.3) is 0 Å². The number of nitrogens with one attached hydrogen (secondary N) is 1. The molecule has 3 nitrogen and oxygen atoms in total. The summed E-state index contributed by atoms with van der Waals surface area (Å²) in [5, 5.41) is 11.7. The Bertz CT molecular complexity index is 697. The summed E-state index contributed by atoms with van der Waals surface area (Å²) in [6.45, 7) is 0. The molecule has 6 heteroatoms. The number of carbonyl (C=O) groups is 1. The zero-order valence-corrected chi connectivity index (χ0v) is 14.7. The van der Waals surface area contributed by atoms with Crippen molar-refractivity contribution >= 4 is 17.5 Å². The third kappa shape index (κ3) is 3.79. The van der Waals surface area contributed by atoms with Crippen LogP contribution in [0.4, 0.5) is 8.78 Å². The van der Waals surface area contributed by atoms with Crippen molar-refractivity contribution in [2.45, 2.75) is 51.0 Å². The normalized spacial score (nSPS) is 24.9. The predicted octanol–water partition coefficient (Wildman–Crippen LogP) is 4.91. The Morgan fingerprint density at radius 1 is 1.24 bits per heavy atom. The van der Waals surface area contributed by atoms with Gasteiger partial charge in [0.2, 0.25) is 5.91 Å². The minimum absolute atomic E-state index is 0.000386. The summed E-state index contributed by atoms with van der Waals surface area (Å²) < 4.78 is 28.9. The van der Waals surface area contributed by atoms with E-state index in [1.807, 2.05) is 0 Å². The summed E-state index contributed by atoms with van der Waals surface area (Å²) in [5.74, 6) is -2.06. The van der Waals surface area contributed by atoms with Gasteiger partial charge in [0.05, 0.1) is 17.1 Å². The molecule has 2 saturated carbocycles. The summed E-state index contributed by atoms with van der Waals surface area (Å²) in [6.07, 6.45) is 5.47. The highest BCUT2D eigenvalue weighted by molar-refractivity contribution is 6.30. The molecule has 1 aromatic carbocycles. The lowest BCUT2D eigenvalue weighted by atomic mass is 9.90. The minimum atomic E-state index is -0.791. The quantitative estimate of drug-likeness (QED) is 0.770. The highest BCUT2D eigenvalue weighted by Crippen LogP contribution is 2.40. The van der Waals surface area contributed by atoms with E-state index < -0.39 is 17.7 Å². The van der Waals surface area contributed by atoms with Gasteiger partial charge in [0.1, 0.15) is 11.6 Å². The predicted molar refractivity (Wildman–Crippen MR) is 90.7 cm³/mol. The average molecular weight is 367 g/mol. The molecule has 3 atom stereocenters. The Labute approximate surface area is 151 Å². The minimum Gasteiger partial charge on any atom is -0.349 e. The smallest absolute Gasteiger partial charge is 0.223 e. The van der Waals surface area contributed by atoms with Gasteiger partial charge in [-0.15, -0.1) is 0 Å². The Morgan fingerprint density at radius 2 is 1.96 bits per heavy atom. The molecule has 1 N–H and O–H groups in total. The molecule has 2 unspecified atom stereocenters. The fraction of sp³-hybridized carbons (Fsp3) is 0.579. The van der Waals surface area contributed by atoms with E-state index in [0.717, 1.165) is 31.7 Å². The van der Waals surface area contributed by atoms with Crippen molar-refractivity contribution in [3.05, 3.63) is 34.4 Å². The largest absolute Gasteiger partial charge is 0.349 e. The molecular formula is C19H21ClF2N2O. The van der Waals surface area contributed by atoms with Crippen molar-refractivity contribution in [3.8, 4) is 6.07 Å². The van der Waals surface area contributed by atoms with Crippen molar-refractivity contribution in [1.29, 1.82) is 5.26 Å². The van der Waals surface area contributed by atoms with E-state index in [1.54, 1.807) is 0 Å².